The molecule has 0 aliphatic rings. The van der Waals surface area contributed by atoms with Gasteiger partial charge in [0.1, 0.15) is 0 Å². The standard InChI is InChI=1S/C13H17FSe/c1-4-12(14)13(5-2)15-11-8-6-10(3)7-9-11/h6-9H,4-5H2,1-3H3/b13-12+. The van der Waals surface area contributed by atoms with Crippen LogP contribution in [0.15, 0.2) is 34.6 Å². The number of aryl methyl sites for hydroxylation is 1. The van der Waals surface area contributed by atoms with Gasteiger partial charge in [0, 0.05) is 0 Å². The van der Waals surface area contributed by atoms with Crippen LogP contribution in [0.4, 0.5) is 4.39 Å². The van der Waals surface area contributed by atoms with Gasteiger partial charge in [0.15, 0.2) is 0 Å². The maximum atomic E-state index is 13.5. The Kier molecular flexibility index (Phi) is 5.07. The van der Waals surface area contributed by atoms with Crippen LogP contribution in [0.2, 0.25) is 0 Å². The first-order valence-electron chi connectivity index (χ1n) is 5.29. The van der Waals surface area contributed by atoms with E-state index in [-0.39, 0.29) is 20.8 Å². The van der Waals surface area contributed by atoms with Gasteiger partial charge in [-0.1, -0.05) is 0 Å². The predicted molar refractivity (Wildman–Crippen MR) is 65.3 cm³/mol. The van der Waals surface area contributed by atoms with Crippen LogP contribution in [0, 0.1) is 6.92 Å². The van der Waals surface area contributed by atoms with E-state index in [0.29, 0.717) is 6.42 Å². The molecule has 1 aromatic rings. The topological polar surface area (TPSA) is 0 Å². The Hall–Kier alpha value is -0.591. The van der Waals surface area contributed by atoms with E-state index in [2.05, 4.69) is 31.2 Å². The molecule has 0 aromatic heterocycles. The number of hydrogen-bond acceptors (Lipinski definition) is 0. The van der Waals surface area contributed by atoms with Gasteiger partial charge in [-0.2, -0.15) is 0 Å². The molecule has 1 aromatic carbocycles. The molecule has 0 spiro atoms. The monoisotopic (exact) mass is 272 g/mol. The third kappa shape index (κ3) is 3.81. The molecule has 82 valence electrons. The first-order chi connectivity index (χ1) is 7.17. The van der Waals surface area contributed by atoms with E-state index < -0.39 is 0 Å². The molecule has 15 heavy (non-hydrogen) atoms. The van der Waals surface area contributed by atoms with Crippen molar-refractivity contribution in [3.8, 4) is 0 Å². The van der Waals surface area contributed by atoms with Crippen LogP contribution < -0.4 is 4.46 Å². The van der Waals surface area contributed by atoms with Crippen molar-refractivity contribution in [2.75, 3.05) is 0 Å². The van der Waals surface area contributed by atoms with Gasteiger partial charge in [0.2, 0.25) is 0 Å². The van der Waals surface area contributed by atoms with E-state index in [4.69, 9.17) is 0 Å². The third-order valence-corrected chi connectivity index (χ3v) is 4.85. The zero-order valence-corrected chi connectivity index (χ0v) is 11.2. The first-order valence-corrected chi connectivity index (χ1v) is 7.00. The van der Waals surface area contributed by atoms with E-state index in [1.165, 1.54) is 10.0 Å². The van der Waals surface area contributed by atoms with E-state index in [1.807, 2.05) is 13.8 Å². The van der Waals surface area contributed by atoms with Crippen LogP contribution in [0.5, 0.6) is 0 Å². The fourth-order valence-corrected chi connectivity index (χ4v) is 3.27. The fraction of sp³-hybridized carbons (Fsp3) is 0.385. The molecule has 0 atom stereocenters. The molecule has 0 heterocycles. The summed E-state index contributed by atoms with van der Waals surface area (Å²) >= 11 is 0.155. The Morgan fingerprint density at radius 3 is 2.20 bits per heavy atom. The minimum absolute atomic E-state index is 0.0816. The van der Waals surface area contributed by atoms with Crippen LogP contribution in [-0.2, 0) is 0 Å². The molecule has 0 aliphatic heterocycles. The second-order valence-electron chi connectivity index (χ2n) is 3.45. The molecule has 0 saturated heterocycles. The quantitative estimate of drug-likeness (QED) is 0.737. The average molecular weight is 271 g/mol. The van der Waals surface area contributed by atoms with Crippen LogP contribution in [-0.4, -0.2) is 15.0 Å². The second-order valence-corrected chi connectivity index (χ2v) is 5.90. The Bertz CT molecular complexity index is 338. The minimum atomic E-state index is 0.0816. The van der Waals surface area contributed by atoms with Gasteiger partial charge in [-0.3, -0.25) is 0 Å². The molecule has 0 radical (unpaired) electrons. The molecule has 0 amide bonds. The number of allylic oxidation sites excluding steroid dienone is 2. The molecule has 2 heteroatoms. The molecule has 0 bridgehead atoms. The third-order valence-electron chi connectivity index (χ3n) is 2.20. The summed E-state index contributed by atoms with van der Waals surface area (Å²) in [5.41, 5.74) is 1.26. The molecule has 0 nitrogen and oxygen atoms in total. The number of hydrogen-bond donors (Lipinski definition) is 0. The summed E-state index contributed by atoms with van der Waals surface area (Å²) in [5.74, 6) is 0.0816. The van der Waals surface area contributed by atoms with E-state index in [1.54, 1.807) is 0 Å². The Balaban J connectivity index is 2.80. The Morgan fingerprint density at radius 1 is 1.13 bits per heavy atom. The summed E-state index contributed by atoms with van der Waals surface area (Å²) in [6.45, 7) is 5.97. The molecule has 0 fully saturated rings. The number of halogens is 1. The van der Waals surface area contributed by atoms with E-state index >= 15 is 0 Å². The molecular weight excluding hydrogens is 254 g/mol. The van der Waals surface area contributed by atoms with E-state index in [0.717, 1.165) is 10.9 Å². The van der Waals surface area contributed by atoms with Crippen LogP contribution in [0.25, 0.3) is 0 Å². The van der Waals surface area contributed by atoms with Crippen molar-refractivity contribution in [3.05, 3.63) is 40.1 Å². The van der Waals surface area contributed by atoms with Gasteiger partial charge >= 0.3 is 97.5 Å². The van der Waals surface area contributed by atoms with Crippen molar-refractivity contribution >= 4 is 19.4 Å². The predicted octanol–water partition coefficient (Wildman–Crippen LogP) is 3.33. The summed E-state index contributed by atoms with van der Waals surface area (Å²) in [6, 6.07) is 8.39. The SMILES string of the molecule is CC/C(F)=C(/CC)[Se]c1ccc(C)cc1. The molecular formula is C13H17FSe. The van der Waals surface area contributed by atoms with Gasteiger partial charge in [0.25, 0.3) is 0 Å². The fourth-order valence-electron chi connectivity index (χ4n) is 1.27. The molecule has 0 unspecified atom stereocenters. The number of benzene rings is 1. The molecule has 0 aliphatic carbocycles. The Morgan fingerprint density at radius 2 is 1.73 bits per heavy atom. The summed E-state index contributed by atoms with van der Waals surface area (Å²) in [6.07, 6.45) is 1.35. The zero-order chi connectivity index (χ0) is 11.3. The van der Waals surface area contributed by atoms with Gasteiger partial charge in [0.05, 0.1) is 0 Å². The summed E-state index contributed by atoms with van der Waals surface area (Å²) < 4.78 is 15.7. The van der Waals surface area contributed by atoms with Crippen molar-refractivity contribution in [2.45, 2.75) is 33.6 Å². The summed E-state index contributed by atoms with van der Waals surface area (Å²) in [4.78, 5) is 0. The first kappa shape index (κ1) is 12.5. The van der Waals surface area contributed by atoms with Crippen molar-refractivity contribution in [3.63, 3.8) is 0 Å². The van der Waals surface area contributed by atoms with Crippen LogP contribution in [0.1, 0.15) is 32.3 Å². The van der Waals surface area contributed by atoms with Crippen molar-refractivity contribution < 1.29 is 4.39 Å². The van der Waals surface area contributed by atoms with Crippen molar-refractivity contribution in [1.82, 2.24) is 0 Å². The van der Waals surface area contributed by atoms with Crippen molar-refractivity contribution in [2.24, 2.45) is 0 Å². The average Bonchev–Trinajstić information content (AvgIpc) is 2.27. The van der Waals surface area contributed by atoms with E-state index in [9.17, 15) is 4.39 Å². The van der Waals surface area contributed by atoms with Crippen LogP contribution in [0.3, 0.4) is 0 Å². The van der Waals surface area contributed by atoms with Crippen LogP contribution >= 0.6 is 0 Å². The molecule has 1 rings (SSSR count). The van der Waals surface area contributed by atoms with Gasteiger partial charge in [-0.25, -0.2) is 0 Å². The summed E-state index contributed by atoms with van der Waals surface area (Å²) in [5, 5.41) is 0. The maximum absolute atomic E-state index is 13.5. The zero-order valence-electron chi connectivity index (χ0n) is 9.51. The molecule has 0 saturated carbocycles. The van der Waals surface area contributed by atoms with Gasteiger partial charge < -0.3 is 0 Å². The Labute approximate surface area is 97.7 Å². The normalized spacial score (nSPS) is 12.5. The number of rotatable bonds is 4. The summed E-state index contributed by atoms with van der Waals surface area (Å²) in [7, 11) is 0. The molecule has 0 N–H and O–H groups in total. The second kappa shape index (κ2) is 6.09. The van der Waals surface area contributed by atoms with Crippen molar-refractivity contribution in [1.29, 1.82) is 0 Å². The van der Waals surface area contributed by atoms with Gasteiger partial charge in [-0.05, 0) is 0 Å². The van der Waals surface area contributed by atoms with Gasteiger partial charge in [-0.15, -0.1) is 0 Å².